The number of aryl methyl sites for hydroxylation is 1. The van der Waals surface area contributed by atoms with E-state index in [9.17, 15) is 13.2 Å². The Labute approximate surface area is 202 Å². The van der Waals surface area contributed by atoms with E-state index in [1.54, 1.807) is 12.3 Å². The molecule has 1 fully saturated rings. The zero-order valence-electron chi connectivity index (χ0n) is 19.2. The van der Waals surface area contributed by atoms with Gasteiger partial charge in [0.15, 0.2) is 5.11 Å². The molecule has 11 heteroatoms. The normalized spacial score (nSPS) is 15.0. The molecule has 0 amide bonds. The molecule has 0 atom stereocenters. The molecule has 0 unspecified atom stereocenters. The number of nitrogens with one attached hydrogen (secondary N) is 1. The van der Waals surface area contributed by atoms with E-state index >= 15 is 0 Å². The molecule has 1 N–H and O–H groups in total. The molecular weight excluding hydrogens is 463 g/mol. The van der Waals surface area contributed by atoms with Gasteiger partial charge in [-0.15, -0.1) is 0 Å². The van der Waals surface area contributed by atoms with Gasteiger partial charge in [0.1, 0.15) is 0 Å². The first-order chi connectivity index (χ1) is 16.2. The minimum Gasteiger partial charge on any atom is -0.346 e. The molecule has 182 valence electrons. The lowest BCUT2D eigenvalue weighted by Gasteiger charge is -2.36. The maximum Gasteiger partial charge on any atom is 0.416 e. The van der Waals surface area contributed by atoms with E-state index < -0.39 is 11.7 Å². The fourth-order valence-corrected chi connectivity index (χ4v) is 4.36. The molecule has 1 aliphatic rings. The zero-order valence-corrected chi connectivity index (χ0v) is 20.0. The average Bonchev–Trinajstić information content (AvgIpc) is 3.40. The van der Waals surface area contributed by atoms with Crippen molar-refractivity contribution < 1.29 is 13.2 Å². The zero-order chi connectivity index (χ0) is 24.3. The summed E-state index contributed by atoms with van der Waals surface area (Å²) in [6.45, 7) is 8.91. The van der Waals surface area contributed by atoms with Crippen LogP contribution < -0.4 is 5.32 Å². The van der Waals surface area contributed by atoms with Crippen LogP contribution in [0.15, 0.2) is 42.9 Å². The lowest BCUT2D eigenvalue weighted by Crippen LogP contribution is -2.49. The largest absolute Gasteiger partial charge is 0.416 e. The van der Waals surface area contributed by atoms with E-state index in [-0.39, 0.29) is 0 Å². The van der Waals surface area contributed by atoms with Gasteiger partial charge in [0, 0.05) is 56.7 Å². The number of piperazine rings is 1. The Hall–Kier alpha value is -2.92. The first-order valence-corrected chi connectivity index (χ1v) is 11.6. The Kier molecular flexibility index (Phi) is 7.22. The fraction of sp³-hybridized carbons (Fsp3) is 0.435. The third kappa shape index (κ3) is 5.76. The summed E-state index contributed by atoms with van der Waals surface area (Å²) in [5.41, 5.74) is 3.12. The van der Waals surface area contributed by atoms with E-state index in [1.165, 1.54) is 12.1 Å². The van der Waals surface area contributed by atoms with Crippen molar-refractivity contribution in [1.82, 2.24) is 29.4 Å². The number of thiocarbonyl (C=S) groups is 1. The highest BCUT2D eigenvalue weighted by Gasteiger charge is 2.30. The number of nitrogens with zero attached hydrogens (tertiary/aromatic N) is 6. The number of aromatic nitrogens is 4. The Morgan fingerprint density at radius 1 is 1.09 bits per heavy atom. The van der Waals surface area contributed by atoms with Crippen molar-refractivity contribution in [2.75, 3.05) is 31.5 Å². The van der Waals surface area contributed by atoms with Gasteiger partial charge >= 0.3 is 6.18 Å². The van der Waals surface area contributed by atoms with Crippen molar-refractivity contribution >= 4 is 23.0 Å². The molecule has 0 saturated carbocycles. The fourth-order valence-electron chi connectivity index (χ4n) is 4.06. The van der Waals surface area contributed by atoms with Crippen LogP contribution in [-0.4, -0.2) is 60.7 Å². The number of hydrogen-bond acceptors (Lipinski definition) is 4. The molecule has 1 aromatic carbocycles. The van der Waals surface area contributed by atoms with Crippen LogP contribution in [0.4, 0.5) is 18.9 Å². The molecule has 4 rings (SSSR count). The number of halogens is 3. The van der Waals surface area contributed by atoms with Crippen LogP contribution >= 0.6 is 12.2 Å². The van der Waals surface area contributed by atoms with Gasteiger partial charge in [0.05, 0.1) is 30.2 Å². The molecule has 34 heavy (non-hydrogen) atoms. The Morgan fingerprint density at radius 3 is 2.53 bits per heavy atom. The lowest BCUT2D eigenvalue weighted by atomic mass is 10.1. The third-order valence-electron chi connectivity index (χ3n) is 6.04. The van der Waals surface area contributed by atoms with Crippen LogP contribution in [0.25, 0.3) is 0 Å². The second-order valence-electron chi connectivity index (χ2n) is 8.39. The SMILES string of the molecule is CCn1ncc(Cn2cc(NC(=S)N3CCN(Cc4cccc(C(F)(F)F)c4)CC3)cn2)c1C. The third-order valence-corrected chi connectivity index (χ3v) is 6.40. The van der Waals surface area contributed by atoms with Crippen molar-refractivity contribution in [3.05, 3.63) is 65.2 Å². The summed E-state index contributed by atoms with van der Waals surface area (Å²) in [6.07, 6.45) is 1.21. The van der Waals surface area contributed by atoms with Gasteiger partial charge in [-0.25, -0.2) is 0 Å². The average molecular weight is 492 g/mol. The van der Waals surface area contributed by atoms with Gasteiger partial charge < -0.3 is 10.2 Å². The van der Waals surface area contributed by atoms with Crippen LogP contribution in [0.5, 0.6) is 0 Å². The Bertz CT molecular complexity index is 1130. The van der Waals surface area contributed by atoms with Crippen LogP contribution in [0.3, 0.4) is 0 Å². The molecule has 0 bridgehead atoms. The van der Waals surface area contributed by atoms with E-state index in [1.807, 2.05) is 21.8 Å². The summed E-state index contributed by atoms with van der Waals surface area (Å²) in [6, 6.07) is 5.53. The van der Waals surface area contributed by atoms with Crippen LogP contribution in [0.1, 0.15) is 29.3 Å². The van der Waals surface area contributed by atoms with Crippen molar-refractivity contribution in [3.8, 4) is 0 Å². The second kappa shape index (κ2) is 10.1. The van der Waals surface area contributed by atoms with Crippen molar-refractivity contribution in [1.29, 1.82) is 0 Å². The predicted octanol–water partition coefficient (Wildman–Crippen LogP) is 3.99. The van der Waals surface area contributed by atoms with Gasteiger partial charge in [-0.2, -0.15) is 23.4 Å². The number of anilines is 1. The van der Waals surface area contributed by atoms with Gasteiger partial charge in [-0.1, -0.05) is 18.2 Å². The first kappa shape index (κ1) is 24.2. The number of benzene rings is 1. The van der Waals surface area contributed by atoms with Crippen LogP contribution in [-0.2, 0) is 25.8 Å². The minimum absolute atomic E-state index is 0.485. The quantitative estimate of drug-likeness (QED) is 0.527. The van der Waals surface area contributed by atoms with E-state index in [0.29, 0.717) is 36.9 Å². The standard InChI is InChI=1S/C23H28F3N7S/c1-3-33-17(2)19(12-28-33)15-32-16-21(13-27-32)29-22(34)31-9-7-30(8-10-31)14-18-5-4-6-20(11-18)23(24,25)26/h4-6,11-13,16H,3,7-10,14-15H2,1-2H3,(H,29,34). The molecule has 0 spiro atoms. The van der Waals surface area contributed by atoms with Gasteiger partial charge in [0.2, 0.25) is 0 Å². The molecule has 1 aliphatic heterocycles. The monoisotopic (exact) mass is 491 g/mol. The van der Waals surface area contributed by atoms with Crippen molar-refractivity contribution in [2.24, 2.45) is 0 Å². The van der Waals surface area contributed by atoms with Crippen LogP contribution in [0.2, 0.25) is 0 Å². The molecule has 0 radical (unpaired) electrons. The molecular formula is C23H28F3N7S. The number of hydrogen-bond donors (Lipinski definition) is 1. The molecule has 3 heterocycles. The highest BCUT2D eigenvalue weighted by Crippen LogP contribution is 2.29. The highest BCUT2D eigenvalue weighted by atomic mass is 32.1. The predicted molar refractivity (Wildman–Crippen MR) is 128 cm³/mol. The summed E-state index contributed by atoms with van der Waals surface area (Å²) in [7, 11) is 0. The highest BCUT2D eigenvalue weighted by molar-refractivity contribution is 7.80. The Morgan fingerprint density at radius 2 is 1.85 bits per heavy atom. The summed E-state index contributed by atoms with van der Waals surface area (Å²) in [5.74, 6) is 0. The maximum absolute atomic E-state index is 13.0. The number of alkyl halides is 3. The first-order valence-electron chi connectivity index (χ1n) is 11.2. The van der Waals surface area contributed by atoms with Gasteiger partial charge in [-0.05, 0) is 37.7 Å². The second-order valence-corrected chi connectivity index (χ2v) is 8.78. The van der Waals surface area contributed by atoms with Crippen molar-refractivity contribution in [2.45, 2.75) is 39.7 Å². The maximum atomic E-state index is 13.0. The molecule has 2 aromatic heterocycles. The molecule has 3 aromatic rings. The molecule has 0 aliphatic carbocycles. The summed E-state index contributed by atoms with van der Waals surface area (Å²) in [4.78, 5) is 4.22. The smallest absolute Gasteiger partial charge is 0.346 e. The van der Waals surface area contributed by atoms with Gasteiger partial charge in [0.25, 0.3) is 0 Å². The topological polar surface area (TPSA) is 54.2 Å². The van der Waals surface area contributed by atoms with E-state index in [0.717, 1.165) is 42.6 Å². The lowest BCUT2D eigenvalue weighted by molar-refractivity contribution is -0.137. The molecule has 7 nitrogen and oxygen atoms in total. The number of rotatable bonds is 6. The van der Waals surface area contributed by atoms with E-state index in [4.69, 9.17) is 12.2 Å². The Balaban J connectivity index is 1.27. The van der Waals surface area contributed by atoms with Crippen molar-refractivity contribution in [3.63, 3.8) is 0 Å². The summed E-state index contributed by atoms with van der Waals surface area (Å²) >= 11 is 5.58. The molecule has 1 saturated heterocycles. The minimum atomic E-state index is -4.32. The van der Waals surface area contributed by atoms with E-state index in [2.05, 4.69) is 39.2 Å². The van der Waals surface area contributed by atoms with Crippen LogP contribution in [0, 0.1) is 6.92 Å². The van der Waals surface area contributed by atoms with Gasteiger partial charge in [-0.3, -0.25) is 14.3 Å². The summed E-state index contributed by atoms with van der Waals surface area (Å²) in [5, 5.41) is 12.7. The summed E-state index contributed by atoms with van der Waals surface area (Å²) < 4.78 is 42.7.